The largest absolute Gasteiger partial charge is 0.338 e. The van der Waals surface area contributed by atoms with E-state index in [-0.39, 0.29) is 12.5 Å². The summed E-state index contributed by atoms with van der Waals surface area (Å²) in [6.07, 6.45) is -0.399. The lowest BCUT2D eigenvalue weighted by atomic mass is 10.3. The van der Waals surface area contributed by atoms with E-state index in [2.05, 4.69) is 0 Å². The Morgan fingerprint density at radius 1 is 1.82 bits per heavy atom. The summed E-state index contributed by atoms with van der Waals surface area (Å²) in [7, 11) is 0. The molecule has 64 valence electrons. The first-order chi connectivity index (χ1) is 5.11. The molecule has 1 fully saturated rings. The summed E-state index contributed by atoms with van der Waals surface area (Å²) < 4.78 is 12.6. The van der Waals surface area contributed by atoms with E-state index in [1.807, 2.05) is 0 Å². The molecule has 0 aromatic carbocycles. The van der Waals surface area contributed by atoms with Crippen LogP contribution in [0.1, 0.15) is 13.3 Å². The second-order valence-corrected chi connectivity index (χ2v) is 3.44. The fraction of sp³-hybridized carbons (Fsp3) is 0.857. The minimum atomic E-state index is -0.852. The third-order valence-corrected chi connectivity index (χ3v) is 1.97. The van der Waals surface area contributed by atoms with Gasteiger partial charge in [0.25, 0.3) is 0 Å². The Morgan fingerprint density at radius 2 is 2.45 bits per heavy atom. The molecule has 2 atom stereocenters. The molecule has 0 spiro atoms. The van der Waals surface area contributed by atoms with Crippen LogP contribution in [-0.2, 0) is 4.79 Å². The Morgan fingerprint density at radius 3 is 2.82 bits per heavy atom. The van der Waals surface area contributed by atoms with E-state index in [1.54, 1.807) is 6.92 Å². The SMILES string of the molecule is C[C@H](Cl)C(=O)N1CC[C@H](F)C1. The lowest BCUT2D eigenvalue weighted by molar-refractivity contribution is -0.129. The van der Waals surface area contributed by atoms with Gasteiger partial charge in [0, 0.05) is 6.54 Å². The lowest BCUT2D eigenvalue weighted by Gasteiger charge is -2.15. The highest BCUT2D eigenvalue weighted by atomic mass is 35.5. The van der Waals surface area contributed by atoms with Crippen molar-refractivity contribution in [1.29, 1.82) is 0 Å². The van der Waals surface area contributed by atoms with Crippen molar-refractivity contribution in [3.8, 4) is 0 Å². The van der Waals surface area contributed by atoms with Crippen molar-refractivity contribution in [1.82, 2.24) is 4.90 Å². The zero-order chi connectivity index (χ0) is 8.43. The maximum absolute atomic E-state index is 12.6. The van der Waals surface area contributed by atoms with Gasteiger partial charge in [-0.1, -0.05) is 0 Å². The maximum atomic E-state index is 12.6. The highest BCUT2D eigenvalue weighted by molar-refractivity contribution is 6.30. The van der Waals surface area contributed by atoms with Crippen LogP contribution < -0.4 is 0 Å². The van der Waals surface area contributed by atoms with E-state index in [0.717, 1.165) is 0 Å². The van der Waals surface area contributed by atoms with Crippen molar-refractivity contribution in [3.05, 3.63) is 0 Å². The lowest BCUT2D eigenvalue weighted by Crippen LogP contribution is -2.33. The Bertz CT molecular complexity index is 163. The Kier molecular flexibility index (Phi) is 2.71. The Hall–Kier alpha value is -0.310. The summed E-state index contributed by atoms with van der Waals surface area (Å²) in [4.78, 5) is 12.6. The molecule has 2 nitrogen and oxygen atoms in total. The number of amides is 1. The van der Waals surface area contributed by atoms with Gasteiger partial charge < -0.3 is 4.90 Å². The van der Waals surface area contributed by atoms with Gasteiger partial charge in [-0.3, -0.25) is 4.79 Å². The van der Waals surface area contributed by atoms with Crippen molar-refractivity contribution < 1.29 is 9.18 Å². The molecule has 1 saturated heterocycles. The quantitative estimate of drug-likeness (QED) is 0.554. The number of alkyl halides is 2. The summed E-state index contributed by atoms with van der Waals surface area (Å²) in [5, 5.41) is -0.528. The van der Waals surface area contributed by atoms with Crippen LogP contribution in [0.2, 0.25) is 0 Å². The first kappa shape index (κ1) is 8.78. The van der Waals surface area contributed by atoms with Crippen LogP contribution in [0, 0.1) is 0 Å². The molecule has 1 rings (SSSR count). The second kappa shape index (κ2) is 3.39. The highest BCUT2D eigenvalue weighted by Crippen LogP contribution is 2.14. The minimum Gasteiger partial charge on any atom is -0.338 e. The molecular formula is C7H11ClFNO. The number of carbonyl (C=O) groups excluding carboxylic acids is 1. The molecule has 0 unspecified atom stereocenters. The Labute approximate surface area is 70.3 Å². The first-order valence-corrected chi connectivity index (χ1v) is 4.12. The summed E-state index contributed by atoms with van der Waals surface area (Å²) >= 11 is 5.54. The van der Waals surface area contributed by atoms with Gasteiger partial charge in [0.05, 0.1) is 6.54 Å². The van der Waals surface area contributed by atoms with E-state index >= 15 is 0 Å². The zero-order valence-corrected chi connectivity index (χ0v) is 7.14. The molecule has 1 amide bonds. The summed E-state index contributed by atoms with van der Waals surface area (Å²) in [6.45, 7) is 2.34. The maximum Gasteiger partial charge on any atom is 0.240 e. The van der Waals surface area contributed by atoms with Crippen LogP contribution >= 0.6 is 11.6 Å². The molecule has 11 heavy (non-hydrogen) atoms. The minimum absolute atomic E-state index is 0.160. The van der Waals surface area contributed by atoms with Crippen LogP contribution in [-0.4, -0.2) is 35.4 Å². The average molecular weight is 180 g/mol. The van der Waals surface area contributed by atoms with Crippen molar-refractivity contribution in [3.63, 3.8) is 0 Å². The van der Waals surface area contributed by atoms with Gasteiger partial charge >= 0.3 is 0 Å². The fourth-order valence-electron chi connectivity index (χ4n) is 1.17. The van der Waals surface area contributed by atoms with Crippen molar-refractivity contribution in [2.24, 2.45) is 0 Å². The monoisotopic (exact) mass is 179 g/mol. The number of hydrogen-bond donors (Lipinski definition) is 0. The van der Waals surface area contributed by atoms with E-state index in [1.165, 1.54) is 4.90 Å². The highest BCUT2D eigenvalue weighted by Gasteiger charge is 2.27. The number of hydrogen-bond acceptors (Lipinski definition) is 1. The van der Waals surface area contributed by atoms with Gasteiger partial charge in [0.2, 0.25) is 5.91 Å². The van der Waals surface area contributed by atoms with E-state index in [0.29, 0.717) is 13.0 Å². The second-order valence-electron chi connectivity index (χ2n) is 2.79. The van der Waals surface area contributed by atoms with Crippen LogP contribution in [0.25, 0.3) is 0 Å². The number of carbonyl (C=O) groups is 1. The molecule has 0 aliphatic carbocycles. The fourth-order valence-corrected chi connectivity index (χ4v) is 1.31. The van der Waals surface area contributed by atoms with Crippen LogP contribution in [0.15, 0.2) is 0 Å². The molecule has 0 radical (unpaired) electrons. The molecule has 0 N–H and O–H groups in total. The molecule has 1 aliphatic heterocycles. The van der Waals surface area contributed by atoms with E-state index < -0.39 is 11.5 Å². The topological polar surface area (TPSA) is 20.3 Å². The van der Waals surface area contributed by atoms with Crippen molar-refractivity contribution >= 4 is 17.5 Å². The predicted molar refractivity (Wildman–Crippen MR) is 41.4 cm³/mol. The standard InChI is InChI=1S/C7H11ClFNO/c1-5(8)7(11)10-3-2-6(9)4-10/h5-6H,2-4H2,1H3/t5-,6-/m0/s1. The average Bonchev–Trinajstić information content (AvgIpc) is 2.34. The summed E-state index contributed by atoms with van der Waals surface area (Å²) in [5.74, 6) is -0.160. The van der Waals surface area contributed by atoms with Gasteiger partial charge in [-0.25, -0.2) is 4.39 Å². The molecule has 0 aromatic rings. The normalized spacial score (nSPS) is 27.2. The third kappa shape index (κ3) is 2.06. The Balaban J connectivity index is 2.43. The predicted octanol–water partition coefficient (Wildman–Crippen LogP) is 1.18. The van der Waals surface area contributed by atoms with E-state index in [9.17, 15) is 9.18 Å². The zero-order valence-electron chi connectivity index (χ0n) is 6.39. The van der Waals surface area contributed by atoms with Gasteiger partial charge in [-0.05, 0) is 13.3 Å². The van der Waals surface area contributed by atoms with Crippen molar-refractivity contribution in [2.75, 3.05) is 13.1 Å². The van der Waals surface area contributed by atoms with Crippen LogP contribution in [0.5, 0.6) is 0 Å². The van der Waals surface area contributed by atoms with Gasteiger partial charge in [-0.2, -0.15) is 0 Å². The number of nitrogens with zero attached hydrogens (tertiary/aromatic N) is 1. The van der Waals surface area contributed by atoms with Crippen LogP contribution in [0.3, 0.4) is 0 Å². The molecule has 0 aromatic heterocycles. The smallest absolute Gasteiger partial charge is 0.240 e. The molecule has 1 heterocycles. The van der Waals surface area contributed by atoms with Crippen LogP contribution in [0.4, 0.5) is 4.39 Å². The molecule has 0 saturated carbocycles. The van der Waals surface area contributed by atoms with E-state index in [4.69, 9.17) is 11.6 Å². The summed E-state index contributed by atoms with van der Waals surface area (Å²) in [6, 6.07) is 0. The third-order valence-electron chi connectivity index (χ3n) is 1.78. The summed E-state index contributed by atoms with van der Waals surface area (Å²) in [5.41, 5.74) is 0. The number of rotatable bonds is 1. The number of halogens is 2. The molecule has 4 heteroatoms. The van der Waals surface area contributed by atoms with Gasteiger partial charge in [0.1, 0.15) is 11.5 Å². The molecule has 0 bridgehead atoms. The first-order valence-electron chi connectivity index (χ1n) is 3.68. The van der Waals surface area contributed by atoms with Gasteiger partial charge in [-0.15, -0.1) is 11.6 Å². The number of likely N-dealkylation sites (tertiary alicyclic amines) is 1. The van der Waals surface area contributed by atoms with Gasteiger partial charge in [0.15, 0.2) is 0 Å². The molecular weight excluding hydrogens is 169 g/mol. The molecule has 1 aliphatic rings. The van der Waals surface area contributed by atoms with Crippen molar-refractivity contribution in [2.45, 2.75) is 24.9 Å².